The molecule has 2 N–H and O–H groups in total. The first kappa shape index (κ1) is 22.6. The number of carbonyl (C=O) groups is 1. The van der Waals surface area contributed by atoms with Gasteiger partial charge in [0.2, 0.25) is 0 Å². The number of nitrogens with one attached hydrogen (secondary N) is 1. The Morgan fingerprint density at radius 1 is 1.22 bits per heavy atom. The molecule has 1 saturated heterocycles. The second-order valence-electron chi connectivity index (χ2n) is 8.72. The van der Waals surface area contributed by atoms with E-state index in [9.17, 15) is 9.90 Å². The molecule has 32 heavy (non-hydrogen) atoms. The highest BCUT2D eigenvalue weighted by Crippen LogP contribution is 2.38. The van der Waals surface area contributed by atoms with E-state index in [2.05, 4.69) is 5.32 Å². The minimum absolute atomic E-state index is 0.236. The van der Waals surface area contributed by atoms with E-state index in [1.807, 2.05) is 32.0 Å². The van der Waals surface area contributed by atoms with E-state index in [0.717, 1.165) is 29.5 Å². The highest BCUT2D eigenvalue weighted by molar-refractivity contribution is 5.83. The standard InChI is InChI=1S/C25H30FNO5/c1-15-12-21(22(26)23(30-3)16(15)2)20-7-4-18(13-17(20)14-32-19-5-6-19)27-25(24(28)29)8-10-31-11-9-25/h4,7,12-13,19,27H,5-6,8-11,14H2,1-3H3,(H,28,29). The fraction of sp³-hybridized carbons (Fsp3) is 0.480. The summed E-state index contributed by atoms with van der Waals surface area (Å²) in [6, 6.07) is 7.33. The molecule has 6 nitrogen and oxygen atoms in total. The van der Waals surface area contributed by atoms with Crippen LogP contribution >= 0.6 is 0 Å². The van der Waals surface area contributed by atoms with Gasteiger partial charge in [0, 0.05) is 37.3 Å². The topological polar surface area (TPSA) is 77.0 Å². The third-order valence-electron chi connectivity index (χ3n) is 6.47. The fourth-order valence-corrected chi connectivity index (χ4v) is 4.18. The van der Waals surface area contributed by atoms with Crippen LogP contribution in [0.25, 0.3) is 11.1 Å². The van der Waals surface area contributed by atoms with Gasteiger partial charge in [-0.05, 0) is 67.1 Å². The van der Waals surface area contributed by atoms with Crippen molar-refractivity contribution in [2.75, 3.05) is 25.6 Å². The third-order valence-corrected chi connectivity index (χ3v) is 6.47. The zero-order valence-corrected chi connectivity index (χ0v) is 18.8. The van der Waals surface area contributed by atoms with Crippen LogP contribution in [0, 0.1) is 19.7 Å². The van der Waals surface area contributed by atoms with Gasteiger partial charge < -0.3 is 24.6 Å². The number of aliphatic carboxylic acids is 1. The van der Waals surface area contributed by atoms with Gasteiger partial charge in [-0.15, -0.1) is 0 Å². The number of ether oxygens (including phenoxy) is 3. The quantitative estimate of drug-likeness (QED) is 0.608. The van der Waals surface area contributed by atoms with Crippen LogP contribution in [-0.4, -0.2) is 43.0 Å². The summed E-state index contributed by atoms with van der Waals surface area (Å²) in [7, 11) is 1.47. The third kappa shape index (κ3) is 4.45. The SMILES string of the molecule is COc1c(C)c(C)cc(-c2ccc(NC3(C(=O)O)CCOCC3)cc2COC2CC2)c1F. The molecule has 1 heterocycles. The summed E-state index contributed by atoms with van der Waals surface area (Å²) in [5.41, 5.74) is 3.26. The molecule has 2 fully saturated rings. The Hall–Kier alpha value is -2.64. The van der Waals surface area contributed by atoms with Gasteiger partial charge in [0.25, 0.3) is 0 Å². The molecule has 1 aliphatic heterocycles. The number of hydrogen-bond acceptors (Lipinski definition) is 5. The molecule has 0 atom stereocenters. The Labute approximate surface area is 187 Å². The van der Waals surface area contributed by atoms with Crippen molar-refractivity contribution in [3.8, 4) is 16.9 Å². The Morgan fingerprint density at radius 2 is 1.94 bits per heavy atom. The zero-order chi connectivity index (χ0) is 22.9. The van der Waals surface area contributed by atoms with E-state index in [1.165, 1.54) is 7.11 Å². The molecule has 0 unspecified atom stereocenters. The minimum atomic E-state index is -1.08. The number of halogens is 1. The van der Waals surface area contributed by atoms with Crippen LogP contribution in [0.4, 0.5) is 10.1 Å². The number of anilines is 1. The van der Waals surface area contributed by atoms with Crippen molar-refractivity contribution >= 4 is 11.7 Å². The summed E-state index contributed by atoms with van der Waals surface area (Å²) >= 11 is 0. The molecule has 0 spiro atoms. The minimum Gasteiger partial charge on any atom is -0.493 e. The van der Waals surface area contributed by atoms with Gasteiger partial charge in [0.15, 0.2) is 11.6 Å². The number of rotatable bonds is 8. The summed E-state index contributed by atoms with van der Waals surface area (Å²) in [5.74, 6) is -1.07. The van der Waals surface area contributed by atoms with Crippen LogP contribution in [0.5, 0.6) is 5.75 Å². The van der Waals surface area contributed by atoms with Gasteiger partial charge in [-0.3, -0.25) is 0 Å². The van der Waals surface area contributed by atoms with Gasteiger partial charge >= 0.3 is 5.97 Å². The molecule has 0 bridgehead atoms. The molecule has 4 rings (SSSR count). The van der Waals surface area contributed by atoms with Crippen molar-refractivity contribution < 1.29 is 28.5 Å². The molecule has 172 valence electrons. The summed E-state index contributed by atoms with van der Waals surface area (Å²) in [6.07, 6.45) is 3.05. The largest absolute Gasteiger partial charge is 0.493 e. The summed E-state index contributed by atoms with van der Waals surface area (Å²) in [6.45, 7) is 4.88. The lowest BCUT2D eigenvalue weighted by atomic mass is 9.89. The fourth-order valence-electron chi connectivity index (χ4n) is 4.18. The van der Waals surface area contributed by atoms with Crippen molar-refractivity contribution in [3.05, 3.63) is 46.8 Å². The average molecular weight is 444 g/mol. The lowest BCUT2D eigenvalue weighted by Gasteiger charge is -2.35. The van der Waals surface area contributed by atoms with Crippen LogP contribution in [-0.2, 0) is 20.9 Å². The van der Waals surface area contributed by atoms with E-state index < -0.39 is 17.3 Å². The summed E-state index contributed by atoms with van der Waals surface area (Å²) < 4.78 is 32.0. The van der Waals surface area contributed by atoms with Gasteiger partial charge in [-0.1, -0.05) is 6.07 Å². The molecule has 0 amide bonds. The van der Waals surface area contributed by atoms with Gasteiger partial charge in [-0.25, -0.2) is 9.18 Å². The van der Waals surface area contributed by atoms with Gasteiger partial charge in [0.1, 0.15) is 5.54 Å². The van der Waals surface area contributed by atoms with Crippen LogP contribution < -0.4 is 10.1 Å². The first-order valence-electron chi connectivity index (χ1n) is 11.0. The second-order valence-corrected chi connectivity index (χ2v) is 8.72. The van der Waals surface area contributed by atoms with Gasteiger partial charge in [-0.2, -0.15) is 0 Å². The van der Waals surface area contributed by atoms with Crippen molar-refractivity contribution in [2.24, 2.45) is 0 Å². The highest BCUT2D eigenvalue weighted by Gasteiger charge is 2.40. The normalized spacial score (nSPS) is 17.8. The maximum absolute atomic E-state index is 15.4. The number of carboxylic acids is 1. The highest BCUT2D eigenvalue weighted by atomic mass is 19.1. The maximum atomic E-state index is 15.4. The van der Waals surface area contributed by atoms with E-state index in [0.29, 0.717) is 49.5 Å². The smallest absolute Gasteiger partial charge is 0.329 e. The Morgan fingerprint density at radius 3 is 2.56 bits per heavy atom. The molecule has 2 aromatic carbocycles. The summed E-state index contributed by atoms with van der Waals surface area (Å²) in [4.78, 5) is 12.1. The van der Waals surface area contributed by atoms with Crippen LogP contribution in [0.2, 0.25) is 0 Å². The molecular weight excluding hydrogens is 413 g/mol. The lowest BCUT2D eigenvalue weighted by Crippen LogP contribution is -2.50. The van der Waals surface area contributed by atoms with Crippen molar-refractivity contribution in [3.63, 3.8) is 0 Å². The van der Waals surface area contributed by atoms with E-state index in [4.69, 9.17) is 14.2 Å². The molecule has 1 saturated carbocycles. The maximum Gasteiger partial charge on any atom is 0.329 e. The van der Waals surface area contributed by atoms with Crippen molar-refractivity contribution in [2.45, 2.75) is 57.8 Å². The van der Waals surface area contributed by atoms with E-state index >= 15 is 4.39 Å². The zero-order valence-electron chi connectivity index (χ0n) is 18.8. The molecule has 1 aliphatic carbocycles. The van der Waals surface area contributed by atoms with E-state index in [1.54, 1.807) is 6.07 Å². The average Bonchev–Trinajstić information content (AvgIpc) is 3.61. The lowest BCUT2D eigenvalue weighted by molar-refractivity contribution is -0.145. The number of aryl methyl sites for hydroxylation is 1. The molecule has 0 radical (unpaired) electrons. The molecule has 2 aromatic rings. The molecular formula is C25H30FNO5. The van der Waals surface area contributed by atoms with Crippen LogP contribution in [0.3, 0.4) is 0 Å². The van der Waals surface area contributed by atoms with Crippen LogP contribution in [0.1, 0.15) is 42.4 Å². The van der Waals surface area contributed by atoms with Crippen molar-refractivity contribution in [1.29, 1.82) is 0 Å². The predicted molar refractivity (Wildman–Crippen MR) is 120 cm³/mol. The first-order chi connectivity index (χ1) is 15.3. The molecule has 0 aromatic heterocycles. The van der Waals surface area contributed by atoms with Gasteiger partial charge in [0.05, 0.1) is 19.8 Å². The summed E-state index contributed by atoms with van der Waals surface area (Å²) in [5, 5.41) is 13.1. The second kappa shape index (κ2) is 9.08. The Kier molecular flexibility index (Phi) is 6.40. The number of methoxy groups -OCH3 is 1. The predicted octanol–water partition coefficient (Wildman–Crippen LogP) is 4.84. The van der Waals surface area contributed by atoms with E-state index in [-0.39, 0.29) is 11.9 Å². The first-order valence-corrected chi connectivity index (χ1v) is 11.0. The van der Waals surface area contributed by atoms with Crippen LogP contribution in [0.15, 0.2) is 24.3 Å². The Bertz CT molecular complexity index is 1010. The number of carboxylic acid groups (broad SMARTS) is 1. The number of benzene rings is 2. The molecule has 7 heteroatoms. The number of hydrogen-bond donors (Lipinski definition) is 2. The molecule has 2 aliphatic rings. The Balaban J connectivity index is 1.74. The monoisotopic (exact) mass is 443 g/mol. The van der Waals surface area contributed by atoms with Crippen molar-refractivity contribution in [1.82, 2.24) is 0 Å².